The van der Waals surface area contributed by atoms with Gasteiger partial charge in [-0.25, -0.2) is 0 Å². The Hall–Kier alpha value is -1.68. The van der Waals surface area contributed by atoms with Gasteiger partial charge in [0, 0.05) is 11.8 Å². The zero-order valence-corrected chi connectivity index (χ0v) is 9.04. The Morgan fingerprint density at radius 1 is 1.40 bits per heavy atom. The van der Waals surface area contributed by atoms with E-state index in [0.717, 1.165) is 17.0 Å². The van der Waals surface area contributed by atoms with Gasteiger partial charge in [0.2, 0.25) is 0 Å². The van der Waals surface area contributed by atoms with Gasteiger partial charge in [0.25, 0.3) is 0 Å². The Bertz CT molecular complexity index is 501. The molecular weight excluding hydrogens is 208 g/mol. The summed E-state index contributed by atoms with van der Waals surface area (Å²) in [5.41, 5.74) is 1.85. The molecule has 0 fully saturated rings. The molecule has 3 nitrogen and oxygen atoms in total. The van der Waals surface area contributed by atoms with Crippen molar-refractivity contribution >= 4 is 12.2 Å². The number of benzene rings is 1. The van der Waals surface area contributed by atoms with Crippen LogP contribution in [-0.4, -0.2) is 17.1 Å². The highest BCUT2D eigenvalue weighted by atomic mass is 32.1. The van der Waals surface area contributed by atoms with Crippen LogP contribution in [0.25, 0.3) is 11.3 Å². The largest absolute Gasteiger partial charge is 0.497 e. The lowest BCUT2D eigenvalue weighted by Gasteiger charge is -2.03. The molecule has 0 amide bonds. The minimum absolute atomic E-state index is 0.627. The van der Waals surface area contributed by atoms with Gasteiger partial charge in [-0.15, -0.1) is 0 Å². The molecule has 76 valence electrons. The predicted octanol–water partition coefficient (Wildman–Crippen LogP) is 2.81. The lowest BCUT2D eigenvalue weighted by atomic mass is 10.1. The molecule has 0 spiro atoms. The maximum Gasteiger partial charge on any atom is 0.121 e. The number of nitrogens with zero attached hydrogens (tertiary/aromatic N) is 1. The van der Waals surface area contributed by atoms with Gasteiger partial charge in [0.05, 0.1) is 19.0 Å². The summed E-state index contributed by atoms with van der Waals surface area (Å²) in [6, 6.07) is 7.73. The van der Waals surface area contributed by atoms with Crippen molar-refractivity contribution in [2.24, 2.45) is 0 Å². The van der Waals surface area contributed by atoms with Crippen molar-refractivity contribution in [3.63, 3.8) is 0 Å². The van der Waals surface area contributed by atoms with E-state index in [1.165, 1.54) is 0 Å². The summed E-state index contributed by atoms with van der Waals surface area (Å²) in [4.78, 5) is 7.18. The number of methoxy groups -OCH3 is 1. The normalized spacial score (nSPS) is 9.93. The highest BCUT2D eigenvalue weighted by Crippen LogP contribution is 2.20. The Morgan fingerprint density at radius 3 is 2.93 bits per heavy atom. The summed E-state index contributed by atoms with van der Waals surface area (Å²) < 4.78 is 5.77. The minimum Gasteiger partial charge on any atom is -0.497 e. The summed E-state index contributed by atoms with van der Waals surface area (Å²) >= 11 is 4.93. The van der Waals surface area contributed by atoms with Crippen molar-refractivity contribution in [1.29, 1.82) is 0 Å². The maximum absolute atomic E-state index is 5.14. The molecule has 2 aromatic rings. The Kier molecular flexibility index (Phi) is 2.78. The quantitative estimate of drug-likeness (QED) is 0.788. The summed E-state index contributed by atoms with van der Waals surface area (Å²) in [7, 11) is 1.64. The summed E-state index contributed by atoms with van der Waals surface area (Å²) in [6.45, 7) is 0. The molecule has 0 saturated heterocycles. The second-order valence-electron chi connectivity index (χ2n) is 3.03. The zero-order valence-electron chi connectivity index (χ0n) is 8.23. The van der Waals surface area contributed by atoms with Crippen LogP contribution >= 0.6 is 12.2 Å². The number of aromatic amines is 1. The predicted molar refractivity (Wildman–Crippen MR) is 61.4 cm³/mol. The van der Waals surface area contributed by atoms with Crippen molar-refractivity contribution in [2.75, 3.05) is 7.11 Å². The molecule has 2 rings (SSSR count). The smallest absolute Gasteiger partial charge is 0.121 e. The summed E-state index contributed by atoms with van der Waals surface area (Å²) in [5.74, 6) is 0.816. The van der Waals surface area contributed by atoms with Crippen molar-refractivity contribution < 1.29 is 4.74 Å². The second kappa shape index (κ2) is 4.23. The second-order valence-corrected chi connectivity index (χ2v) is 3.47. The first kappa shape index (κ1) is 9.86. The number of hydrogen-bond donors (Lipinski definition) is 1. The molecule has 0 aliphatic heterocycles. The van der Waals surface area contributed by atoms with Crippen LogP contribution in [0, 0.1) is 4.64 Å². The molecule has 0 aliphatic carbocycles. The van der Waals surface area contributed by atoms with Gasteiger partial charge in [0.1, 0.15) is 10.4 Å². The summed E-state index contributed by atoms with van der Waals surface area (Å²) in [6.07, 6.45) is 3.42. The van der Waals surface area contributed by atoms with Crippen LogP contribution in [0.5, 0.6) is 5.75 Å². The molecule has 15 heavy (non-hydrogen) atoms. The van der Waals surface area contributed by atoms with E-state index in [1.807, 2.05) is 24.3 Å². The molecule has 1 N–H and O–H groups in total. The molecule has 1 aromatic heterocycles. The molecule has 0 unspecified atom stereocenters. The van der Waals surface area contributed by atoms with Gasteiger partial charge in [-0.3, -0.25) is 4.98 Å². The van der Waals surface area contributed by atoms with E-state index in [2.05, 4.69) is 9.97 Å². The van der Waals surface area contributed by atoms with Crippen molar-refractivity contribution in [3.8, 4) is 17.0 Å². The average Bonchev–Trinajstić information content (AvgIpc) is 2.30. The van der Waals surface area contributed by atoms with E-state index in [0.29, 0.717) is 4.64 Å². The minimum atomic E-state index is 0.627. The SMILES string of the molecule is COc1cccc(-c2c[nH]c(=S)cn2)c1. The van der Waals surface area contributed by atoms with E-state index < -0.39 is 0 Å². The lowest BCUT2D eigenvalue weighted by Crippen LogP contribution is -1.87. The third-order valence-electron chi connectivity index (χ3n) is 2.04. The Morgan fingerprint density at radius 2 is 2.27 bits per heavy atom. The average molecular weight is 218 g/mol. The fraction of sp³-hybridized carbons (Fsp3) is 0.0909. The first-order chi connectivity index (χ1) is 7.29. The molecule has 1 aromatic carbocycles. The molecule has 0 radical (unpaired) electrons. The molecule has 4 heteroatoms. The Labute approximate surface area is 92.8 Å². The summed E-state index contributed by atoms with van der Waals surface area (Å²) in [5, 5.41) is 0. The molecule has 0 atom stereocenters. The van der Waals surface area contributed by atoms with E-state index in [-0.39, 0.29) is 0 Å². The highest BCUT2D eigenvalue weighted by Gasteiger charge is 1.99. The number of ether oxygens (including phenoxy) is 1. The topological polar surface area (TPSA) is 37.9 Å². The first-order valence-electron chi connectivity index (χ1n) is 4.49. The fourth-order valence-electron chi connectivity index (χ4n) is 1.28. The van der Waals surface area contributed by atoms with Crippen LogP contribution < -0.4 is 4.74 Å². The number of nitrogens with one attached hydrogen (secondary N) is 1. The number of aromatic nitrogens is 2. The van der Waals surface area contributed by atoms with E-state index >= 15 is 0 Å². The first-order valence-corrected chi connectivity index (χ1v) is 4.89. The van der Waals surface area contributed by atoms with Crippen LogP contribution in [0.2, 0.25) is 0 Å². The van der Waals surface area contributed by atoms with Crippen LogP contribution in [0.3, 0.4) is 0 Å². The van der Waals surface area contributed by atoms with E-state index in [1.54, 1.807) is 19.5 Å². The maximum atomic E-state index is 5.14. The van der Waals surface area contributed by atoms with E-state index in [9.17, 15) is 0 Å². The molecule has 1 heterocycles. The van der Waals surface area contributed by atoms with Gasteiger partial charge in [-0.1, -0.05) is 24.4 Å². The van der Waals surface area contributed by atoms with Crippen LogP contribution in [0.1, 0.15) is 0 Å². The van der Waals surface area contributed by atoms with Gasteiger partial charge >= 0.3 is 0 Å². The van der Waals surface area contributed by atoms with Gasteiger partial charge in [0.15, 0.2) is 0 Å². The lowest BCUT2D eigenvalue weighted by molar-refractivity contribution is 0.415. The van der Waals surface area contributed by atoms with Crippen LogP contribution in [0.4, 0.5) is 0 Å². The monoisotopic (exact) mass is 218 g/mol. The molecule has 0 aliphatic rings. The van der Waals surface area contributed by atoms with E-state index in [4.69, 9.17) is 17.0 Å². The molecular formula is C11H10N2OS. The van der Waals surface area contributed by atoms with Crippen molar-refractivity contribution in [3.05, 3.63) is 41.3 Å². The molecule has 0 saturated carbocycles. The standard InChI is InChI=1S/C11H10N2OS/c1-14-9-4-2-3-8(5-9)10-6-13-11(15)7-12-10/h2-7H,1H3,(H,13,15). The number of hydrogen-bond acceptors (Lipinski definition) is 3. The number of rotatable bonds is 2. The highest BCUT2D eigenvalue weighted by molar-refractivity contribution is 7.71. The van der Waals surface area contributed by atoms with Crippen molar-refractivity contribution in [2.45, 2.75) is 0 Å². The van der Waals surface area contributed by atoms with Crippen molar-refractivity contribution in [1.82, 2.24) is 9.97 Å². The third kappa shape index (κ3) is 2.22. The van der Waals surface area contributed by atoms with Gasteiger partial charge in [-0.05, 0) is 12.1 Å². The van der Waals surface area contributed by atoms with Crippen LogP contribution in [0.15, 0.2) is 36.7 Å². The fourth-order valence-corrected chi connectivity index (χ4v) is 1.39. The number of H-pyrrole nitrogens is 1. The van der Waals surface area contributed by atoms with Gasteiger partial charge < -0.3 is 9.72 Å². The van der Waals surface area contributed by atoms with Crippen LogP contribution in [-0.2, 0) is 0 Å². The van der Waals surface area contributed by atoms with Gasteiger partial charge in [-0.2, -0.15) is 0 Å². The zero-order chi connectivity index (χ0) is 10.7. The third-order valence-corrected chi connectivity index (χ3v) is 2.26. The Balaban J connectivity index is 2.44. The molecule has 0 bridgehead atoms.